The van der Waals surface area contributed by atoms with Crippen LogP contribution in [0.2, 0.25) is 0 Å². The van der Waals surface area contributed by atoms with Gasteiger partial charge in [0, 0.05) is 36.9 Å². The van der Waals surface area contributed by atoms with Crippen LogP contribution in [0.25, 0.3) is 0 Å². The fraction of sp³-hybridized carbons (Fsp3) is 0.833. The predicted molar refractivity (Wildman–Crippen MR) is 61.4 cm³/mol. The Labute approximate surface area is 101 Å². The zero-order chi connectivity index (χ0) is 11.9. The minimum atomic E-state index is 0.246. The maximum absolute atomic E-state index is 5.77. The van der Waals surface area contributed by atoms with E-state index in [0.717, 1.165) is 19.6 Å². The van der Waals surface area contributed by atoms with E-state index in [0.29, 0.717) is 24.0 Å². The van der Waals surface area contributed by atoms with Gasteiger partial charge in [0.1, 0.15) is 0 Å². The lowest BCUT2D eigenvalue weighted by Crippen LogP contribution is -2.66. The van der Waals surface area contributed by atoms with Crippen LogP contribution >= 0.6 is 0 Å². The van der Waals surface area contributed by atoms with Gasteiger partial charge in [0.25, 0.3) is 0 Å². The van der Waals surface area contributed by atoms with E-state index in [-0.39, 0.29) is 5.41 Å². The first-order valence-electron chi connectivity index (χ1n) is 6.30. The average molecular weight is 237 g/mol. The van der Waals surface area contributed by atoms with Crippen LogP contribution in [0.4, 0.5) is 0 Å². The molecule has 1 aliphatic heterocycles. The van der Waals surface area contributed by atoms with Gasteiger partial charge in [0.15, 0.2) is 6.33 Å². The molecule has 0 aromatic carbocycles. The first kappa shape index (κ1) is 11.2. The molecule has 3 atom stereocenters. The molecule has 0 radical (unpaired) electrons. The summed E-state index contributed by atoms with van der Waals surface area (Å²) < 4.78 is 10.7. The molecule has 2 aliphatic rings. The lowest BCUT2D eigenvalue weighted by atomic mass is 9.57. The van der Waals surface area contributed by atoms with Gasteiger partial charge < -0.3 is 14.6 Å². The van der Waals surface area contributed by atoms with Gasteiger partial charge in [-0.1, -0.05) is 19.0 Å². The largest absolute Gasteiger partial charge is 0.377 e. The van der Waals surface area contributed by atoms with E-state index < -0.39 is 0 Å². The molecule has 5 nitrogen and oxygen atoms in total. The highest BCUT2D eigenvalue weighted by Gasteiger charge is 2.58. The van der Waals surface area contributed by atoms with Crippen molar-refractivity contribution in [2.75, 3.05) is 13.2 Å². The molecular formula is C12H19N3O2. The molecule has 1 saturated heterocycles. The van der Waals surface area contributed by atoms with E-state index in [2.05, 4.69) is 29.3 Å². The maximum atomic E-state index is 5.77. The highest BCUT2D eigenvalue weighted by molar-refractivity contribution is 5.11. The van der Waals surface area contributed by atoms with Crippen LogP contribution in [0, 0.1) is 11.3 Å². The molecule has 0 bridgehead atoms. The second-order valence-electron chi connectivity index (χ2n) is 5.58. The third-order valence-electron chi connectivity index (χ3n) is 4.21. The lowest BCUT2D eigenvalue weighted by molar-refractivity contribution is -0.112. The van der Waals surface area contributed by atoms with Crippen molar-refractivity contribution in [3.05, 3.63) is 12.2 Å². The van der Waals surface area contributed by atoms with E-state index in [9.17, 15) is 0 Å². The highest BCUT2D eigenvalue weighted by atomic mass is 16.5. The van der Waals surface area contributed by atoms with Gasteiger partial charge in [0.2, 0.25) is 5.89 Å². The zero-order valence-corrected chi connectivity index (χ0v) is 10.3. The van der Waals surface area contributed by atoms with Crippen molar-refractivity contribution in [3.8, 4) is 0 Å². The van der Waals surface area contributed by atoms with Gasteiger partial charge in [-0.15, -0.1) is 0 Å². The van der Waals surface area contributed by atoms with E-state index >= 15 is 0 Å². The van der Waals surface area contributed by atoms with Gasteiger partial charge in [-0.2, -0.15) is 4.98 Å². The van der Waals surface area contributed by atoms with Crippen molar-refractivity contribution in [2.45, 2.75) is 38.8 Å². The molecule has 3 unspecified atom stereocenters. The monoisotopic (exact) mass is 237 g/mol. The van der Waals surface area contributed by atoms with Crippen molar-refractivity contribution in [3.63, 3.8) is 0 Å². The Morgan fingerprint density at radius 1 is 1.53 bits per heavy atom. The van der Waals surface area contributed by atoms with Crippen molar-refractivity contribution in [2.24, 2.45) is 11.3 Å². The van der Waals surface area contributed by atoms with Gasteiger partial charge in [-0.05, 0) is 6.42 Å². The second kappa shape index (κ2) is 4.07. The third-order valence-corrected chi connectivity index (χ3v) is 4.21. The lowest BCUT2D eigenvalue weighted by Gasteiger charge is -2.55. The van der Waals surface area contributed by atoms with Crippen LogP contribution in [0.15, 0.2) is 10.9 Å². The second-order valence-corrected chi connectivity index (χ2v) is 5.58. The van der Waals surface area contributed by atoms with E-state index in [1.807, 2.05) is 0 Å². The highest BCUT2D eigenvalue weighted by Crippen LogP contribution is 2.51. The number of nitrogens with zero attached hydrogens (tertiary/aromatic N) is 2. The summed E-state index contributed by atoms with van der Waals surface area (Å²) in [6, 6.07) is 0.554. The third kappa shape index (κ3) is 1.77. The van der Waals surface area contributed by atoms with Crippen LogP contribution in [0.5, 0.6) is 0 Å². The topological polar surface area (TPSA) is 60.2 Å². The molecule has 5 heteroatoms. The molecule has 0 amide bonds. The maximum Gasteiger partial charge on any atom is 0.227 e. The summed E-state index contributed by atoms with van der Waals surface area (Å²) in [7, 11) is 0. The summed E-state index contributed by atoms with van der Waals surface area (Å²) in [4.78, 5) is 4.02. The van der Waals surface area contributed by atoms with Crippen molar-refractivity contribution in [1.82, 2.24) is 15.5 Å². The fourth-order valence-electron chi connectivity index (χ4n) is 3.38. The van der Waals surface area contributed by atoms with Gasteiger partial charge in [-0.3, -0.25) is 0 Å². The minimum absolute atomic E-state index is 0.246. The Morgan fingerprint density at radius 3 is 3.18 bits per heavy atom. The predicted octanol–water partition coefficient (Wildman–Crippen LogP) is 1.02. The molecule has 94 valence electrons. The molecule has 1 N–H and O–H groups in total. The van der Waals surface area contributed by atoms with Crippen LogP contribution in [0.3, 0.4) is 0 Å². The Kier molecular flexibility index (Phi) is 2.67. The molecule has 2 fully saturated rings. The van der Waals surface area contributed by atoms with Gasteiger partial charge >= 0.3 is 0 Å². The van der Waals surface area contributed by atoms with Crippen molar-refractivity contribution >= 4 is 0 Å². The molecule has 1 aromatic rings. The van der Waals surface area contributed by atoms with Crippen molar-refractivity contribution < 1.29 is 9.26 Å². The Bertz CT molecular complexity index is 377. The Balaban J connectivity index is 1.52. The van der Waals surface area contributed by atoms with Crippen LogP contribution in [-0.4, -0.2) is 35.4 Å². The number of hydrogen-bond donors (Lipinski definition) is 1. The van der Waals surface area contributed by atoms with Crippen LogP contribution in [0.1, 0.15) is 26.2 Å². The Morgan fingerprint density at radius 2 is 2.41 bits per heavy atom. The molecule has 0 spiro atoms. The summed E-state index contributed by atoms with van der Waals surface area (Å²) in [6.07, 6.45) is 3.88. The number of nitrogens with one attached hydrogen (secondary N) is 1. The first-order valence-corrected chi connectivity index (χ1v) is 6.30. The normalized spacial score (nSPS) is 34.4. The number of ether oxygens (including phenoxy) is 1. The number of hydrogen-bond acceptors (Lipinski definition) is 5. The fourth-order valence-corrected chi connectivity index (χ4v) is 3.38. The standard InChI is InChI=1S/C12H19N3O2/c1-12(2)10(8-4-6-16-11(8)12)13-5-3-9-14-7-15-17-9/h7-8,10-11,13H,3-6H2,1-2H3. The minimum Gasteiger partial charge on any atom is -0.377 e. The van der Waals surface area contributed by atoms with E-state index in [1.54, 1.807) is 0 Å². The molecule has 2 heterocycles. The number of aromatic nitrogens is 2. The molecule has 17 heavy (non-hydrogen) atoms. The summed E-state index contributed by atoms with van der Waals surface area (Å²) in [5.41, 5.74) is 0.246. The van der Waals surface area contributed by atoms with E-state index in [1.165, 1.54) is 12.7 Å². The summed E-state index contributed by atoms with van der Waals surface area (Å²) >= 11 is 0. The Hall–Kier alpha value is -0.940. The summed E-state index contributed by atoms with van der Waals surface area (Å²) in [6.45, 7) is 6.37. The molecule has 1 saturated carbocycles. The average Bonchev–Trinajstić information content (AvgIpc) is 2.94. The smallest absolute Gasteiger partial charge is 0.227 e. The molecule has 3 rings (SSSR count). The van der Waals surface area contributed by atoms with Crippen molar-refractivity contribution in [1.29, 1.82) is 0 Å². The van der Waals surface area contributed by atoms with Gasteiger partial charge in [-0.25, -0.2) is 0 Å². The number of fused-ring (bicyclic) bond motifs is 1. The quantitative estimate of drug-likeness (QED) is 0.847. The number of rotatable bonds is 4. The zero-order valence-electron chi connectivity index (χ0n) is 10.3. The SMILES string of the molecule is CC1(C)C(NCCc2ncno2)C2CCOC21. The summed E-state index contributed by atoms with van der Waals surface area (Å²) in [5, 5.41) is 7.21. The first-order chi connectivity index (χ1) is 8.19. The van der Waals surface area contributed by atoms with Crippen LogP contribution < -0.4 is 5.32 Å². The van der Waals surface area contributed by atoms with Crippen LogP contribution in [-0.2, 0) is 11.2 Å². The molecular weight excluding hydrogens is 218 g/mol. The van der Waals surface area contributed by atoms with Gasteiger partial charge in [0.05, 0.1) is 6.10 Å². The summed E-state index contributed by atoms with van der Waals surface area (Å²) in [5.74, 6) is 1.39. The molecule has 1 aromatic heterocycles. The molecule has 1 aliphatic carbocycles. The van der Waals surface area contributed by atoms with E-state index in [4.69, 9.17) is 9.26 Å².